The summed E-state index contributed by atoms with van der Waals surface area (Å²) in [7, 11) is -1.48. The lowest BCUT2D eigenvalue weighted by molar-refractivity contribution is 0.187. The summed E-state index contributed by atoms with van der Waals surface area (Å²) in [5, 5.41) is 9.25. The maximum absolute atomic E-state index is 12.4. The quantitative estimate of drug-likeness (QED) is 0.813. The smallest absolute Gasteiger partial charge is 0.242 e. The molecule has 0 radical (unpaired) electrons. The van der Waals surface area contributed by atoms with E-state index in [0.29, 0.717) is 18.8 Å². The van der Waals surface area contributed by atoms with Gasteiger partial charge < -0.3 is 14.6 Å². The van der Waals surface area contributed by atoms with Crippen LogP contribution in [0.2, 0.25) is 0 Å². The molecule has 7 heteroatoms. The fourth-order valence-electron chi connectivity index (χ4n) is 2.79. The van der Waals surface area contributed by atoms with Gasteiger partial charge in [0.1, 0.15) is 0 Å². The van der Waals surface area contributed by atoms with Gasteiger partial charge >= 0.3 is 0 Å². The van der Waals surface area contributed by atoms with Crippen molar-refractivity contribution in [1.29, 1.82) is 0 Å². The van der Waals surface area contributed by atoms with Crippen molar-refractivity contribution >= 4 is 10.0 Å². The molecule has 2 N–H and O–H groups in total. The van der Waals surface area contributed by atoms with Crippen LogP contribution in [0.5, 0.6) is 0 Å². The summed E-state index contributed by atoms with van der Waals surface area (Å²) in [5.41, 5.74) is 0.618. The second kappa shape index (κ2) is 6.91. The van der Waals surface area contributed by atoms with Gasteiger partial charge in [-0.25, -0.2) is 13.1 Å². The van der Waals surface area contributed by atoms with Gasteiger partial charge in [0.25, 0.3) is 0 Å². The van der Waals surface area contributed by atoms with Crippen LogP contribution in [0.1, 0.15) is 31.9 Å². The lowest BCUT2D eigenvalue weighted by atomic mass is 10.0. The monoisotopic (exact) mass is 315 g/mol. The van der Waals surface area contributed by atoms with Crippen LogP contribution in [0.15, 0.2) is 17.2 Å². The Morgan fingerprint density at radius 3 is 2.76 bits per heavy atom. The van der Waals surface area contributed by atoms with E-state index in [1.54, 1.807) is 10.8 Å². The fourth-order valence-corrected chi connectivity index (χ4v) is 3.93. The van der Waals surface area contributed by atoms with Crippen molar-refractivity contribution in [2.24, 2.45) is 0 Å². The number of hydrogen-bond acceptors (Lipinski definition) is 4. The van der Waals surface area contributed by atoms with E-state index in [1.807, 2.05) is 14.0 Å². The average molecular weight is 315 g/mol. The Morgan fingerprint density at radius 2 is 2.19 bits per heavy atom. The van der Waals surface area contributed by atoms with Gasteiger partial charge in [-0.15, -0.1) is 0 Å². The molecule has 2 rings (SSSR count). The molecule has 0 aliphatic carbocycles. The Balaban J connectivity index is 2.06. The second-order valence-electron chi connectivity index (χ2n) is 5.59. The van der Waals surface area contributed by atoms with Gasteiger partial charge in [-0.1, -0.05) is 6.42 Å². The average Bonchev–Trinajstić information content (AvgIpc) is 2.90. The zero-order valence-electron chi connectivity index (χ0n) is 12.7. The standard InChI is InChI=1S/C14H25N3O3S/c1-3-17-10-14(8-13(17)11-18)21(19,20)15-9-12-6-4-5-7-16(12)2/h8,10,12,15,18H,3-7,9,11H2,1-2H3. The van der Waals surface area contributed by atoms with Crippen LogP contribution in [-0.4, -0.2) is 49.2 Å². The summed E-state index contributed by atoms with van der Waals surface area (Å²) >= 11 is 0. The molecule has 2 heterocycles. The number of nitrogens with zero attached hydrogens (tertiary/aromatic N) is 2. The molecule has 1 aliphatic rings. The molecule has 0 aromatic carbocycles. The van der Waals surface area contributed by atoms with Crippen molar-refractivity contribution < 1.29 is 13.5 Å². The van der Waals surface area contributed by atoms with Crippen molar-refractivity contribution in [3.63, 3.8) is 0 Å². The van der Waals surface area contributed by atoms with Crippen LogP contribution in [0, 0.1) is 0 Å². The number of aliphatic hydroxyl groups is 1. The summed E-state index contributed by atoms with van der Waals surface area (Å²) in [5.74, 6) is 0. The normalized spacial score (nSPS) is 20.8. The largest absolute Gasteiger partial charge is 0.390 e. The van der Waals surface area contributed by atoms with E-state index in [2.05, 4.69) is 9.62 Å². The molecule has 1 aromatic rings. The number of sulfonamides is 1. The third-order valence-corrected chi connectivity index (χ3v) is 5.59. The summed E-state index contributed by atoms with van der Waals surface area (Å²) in [4.78, 5) is 2.44. The van der Waals surface area contributed by atoms with Gasteiger partial charge in [0.2, 0.25) is 10.0 Å². The highest BCUT2D eigenvalue weighted by Gasteiger charge is 2.23. The number of aliphatic hydroxyl groups excluding tert-OH is 1. The van der Waals surface area contributed by atoms with Crippen molar-refractivity contribution in [3.05, 3.63) is 18.0 Å². The molecule has 1 aromatic heterocycles. The first-order valence-electron chi connectivity index (χ1n) is 7.47. The van der Waals surface area contributed by atoms with Crippen molar-refractivity contribution in [2.45, 2.75) is 50.3 Å². The maximum Gasteiger partial charge on any atom is 0.242 e. The summed E-state index contributed by atoms with van der Waals surface area (Å²) in [6, 6.07) is 1.80. The Kier molecular flexibility index (Phi) is 5.43. The third-order valence-electron chi connectivity index (χ3n) is 4.20. The highest BCUT2D eigenvalue weighted by Crippen LogP contribution is 2.17. The predicted octanol–water partition coefficient (Wildman–Crippen LogP) is 0.763. The molecular weight excluding hydrogens is 290 g/mol. The molecule has 0 amide bonds. The van der Waals surface area contributed by atoms with Crippen molar-refractivity contribution in [2.75, 3.05) is 20.1 Å². The van der Waals surface area contributed by atoms with Gasteiger partial charge in [-0.2, -0.15) is 0 Å². The Labute approximate surface area is 126 Å². The van der Waals surface area contributed by atoms with Crippen molar-refractivity contribution in [3.8, 4) is 0 Å². The van der Waals surface area contributed by atoms with Gasteiger partial charge in [-0.3, -0.25) is 0 Å². The molecule has 1 aliphatic heterocycles. The van der Waals surface area contributed by atoms with Crippen LogP contribution in [0.3, 0.4) is 0 Å². The zero-order valence-corrected chi connectivity index (χ0v) is 13.6. The molecule has 6 nitrogen and oxygen atoms in total. The lowest BCUT2D eigenvalue weighted by Gasteiger charge is -2.32. The van der Waals surface area contributed by atoms with Crippen LogP contribution < -0.4 is 4.72 Å². The molecule has 1 atom stereocenters. The number of nitrogens with one attached hydrogen (secondary N) is 1. The third kappa shape index (κ3) is 3.85. The van der Waals surface area contributed by atoms with E-state index in [-0.39, 0.29) is 17.5 Å². The minimum Gasteiger partial charge on any atom is -0.390 e. The number of likely N-dealkylation sites (tertiary alicyclic amines) is 1. The molecule has 0 bridgehead atoms. The maximum atomic E-state index is 12.4. The fraction of sp³-hybridized carbons (Fsp3) is 0.714. The number of likely N-dealkylation sites (N-methyl/N-ethyl adjacent to an activating group) is 1. The number of aryl methyl sites for hydroxylation is 1. The van der Waals surface area contributed by atoms with E-state index in [4.69, 9.17) is 0 Å². The molecule has 120 valence electrons. The Hall–Kier alpha value is -0.890. The lowest BCUT2D eigenvalue weighted by Crippen LogP contribution is -2.44. The zero-order chi connectivity index (χ0) is 15.5. The van der Waals surface area contributed by atoms with E-state index in [1.165, 1.54) is 12.5 Å². The minimum absolute atomic E-state index is 0.158. The highest BCUT2D eigenvalue weighted by molar-refractivity contribution is 7.89. The van der Waals surface area contributed by atoms with Crippen LogP contribution in [0.4, 0.5) is 0 Å². The summed E-state index contributed by atoms with van der Waals surface area (Å²) in [6.45, 7) is 3.85. The highest BCUT2D eigenvalue weighted by atomic mass is 32.2. The Bertz CT molecular complexity index is 547. The van der Waals surface area contributed by atoms with Gasteiger partial charge in [0.05, 0.1) is 11.5 Å². The first-order valence-corrected chi connectivity index (χ1v) is 8.96. The molecular formula is C14H25N3O3S. The number of rotatable bonds is 6. The van der Waals surface area contributed by atoms with Crippen molar-refractivity contribution in [1.82, 2.24) is 14.2 Å². The minimum atomic E-state index is -3.51. The van der Waals surface area contributed by atoms with E-state index in [9.17, 15) is 13.5 Å². The molecule has 0 saturated carbocycles. The van der Waals surface area contributed by atoms with Gasteiger partial charge in [-0.05, 0) is 39.4 Å². The number of hydrogen-bond donors (Lipinski definition) is 2. The second-order valence-corrected chi connectivity index (χ2v) is 7.36. The molecule has 1 unspecified atom stereocenters. The van der Waals surface area contributed by atoms with Crippen LogP contribution in [0.25, 0.3) is 0 Å². The molecule has 1 fully saturated rings. The van der Waals surface area contributed by atoms with Gasteiger partial charge in [0.15, 0.2) is 0 Å². The number of aromatic nitrogens is 1. The number of piperidine rings is 1. The topological polar surface area (TPSA) is 74.6 Å². The summed E-state index contributed by atoms with van der Waals surface area (Å²) in [6.07, 6.45) is 4.94. The van der Waals surface area contributed by atoms with Crippen LogP contribution in [-0.2, 0) is 23.2 Å². The molecule has 0 spiro atoms. The SMILES string of the molecule is CCn1cc(S(=O)(=O)NCC2CCCCN2C)cc1CO. The van der Waals surface area contributed by atoms with Gasteiger partial charge in [0, 0.05) is 31.0 Å². The Morgan fingerprint density at radius 1 is 1.43 bits per heavy atom. The molecule has 1 saturated heterocycles. The van der Waals surface area contributed by atoms with Crippen LogP contribution >= 0.6 is 0 Å². The molecule has 21 heavy (non-hydrogen) atoms. The predicted molar refractivity (Wildman–Crippen MR) is 81.5 cm³/mol. The summed E-state index contributed by atoms with van der Waals surface area (Å²) < 4.78 is 29.2. The first kappa shape index (κ1) is 16.5. The van der Waals surface area contributed by atoms with E-state index < -0.39 is 10.0 Å². The first-order chi connectivity index (χ1) is 9.97. The van der Waals surface area contributed by atoms with E-state index >= 15 is 0 Å². The van der Waals surface area contributed by atoms with E-state index in [0.717, 1.165) is 19.4 Å².